The first-order valence-corrected chi connectivity index (χ1v) is 10.9. The molecule has 2 N–H and O–H groups in total. The maximum absolute atomic E-state index is 12.4. The van der Waals surface area contributed by atoms with Crippen molar-refractivity contribution in [3.8, 4) is 11.5 Å². The van der Waals surface area contributed by atoms with Gasteiger partial charge in [-0.3, -0.25) is 9.59 Å². The largest absolute Gasteiger partial charge is 0.513 e. The fourth-order valence-electron chi connectivity index (χ4n) is 2.92. The third-order valence-corrected chi connectivity index (χ3v) is 4.57. The summed E-state index contributed by atoms with van der Waals surface area (Å²) in [5, 5.41) is 5.60. The molecule has 34 heavy (non-hydrogen) atoms. The third kappa shape index (κ3) is 7.98. The fourth-order valence-corrected chi connectivity index (χ4v) is 2.92. The van der Waals surface area contributed by atoms with E-state index in [0.29, 0.717) is 36.4 Å². The van der Waals surface area contributed by atoms with Crippen LogP contribution in [0, 0.1) is 0 Å². The van der Waals surface area contributed by atoms with E-state index in [9.17, 15) is 14.4 Å². The number of benzene rings is 3. The molecule has 8 nitrogen and oxygen atoms in total. The van der Waals surface area contributed by atoms with Crippen LogP contribution in [-0.2, 0) is 9.53 Å². The van der Waals surface area contributed by atoms with E-state index in [-0.39, 0.29) is 24.2 Å². The molecule has 0 aliphatic heterocycles. The first-order valence-electron chi connectivity index (χ1n) is 10.9. The molecule has 0 aliphatic rings. The first kappa shape index (κ1) is 24.3. The molecule has 3 rings (SSSR count). The van der Waals surface area contributed by atoms with E-state index in [4.69, 9.17) is 14.2 Å². The summed E-state index contributed by atoms with van der Waals surface area (Å²) >= 11 is 0. The molecular weight excluding hydrogens is 436 g/mol. The number of carbonyl (C=O) groups is 3. The molecule has 0 spiro atoms. The highest BCUT2D eigenvalue weighted by molar-refractivity contribution is 6.04. The van der Waals surface area contributed by atoms with Crippen LogP contribution >= 0.6 is 0 Å². The third-order valence-electron chi connectivity index (χ3n) is 4.57. The van der Waals surface area contributed by atoms with Gasteiger partial charge in [0.25, 0.3) is 5.91 Å². The Morgan fingerprint density at radius 2 is 1.41 bits per heavy atom. The number of amides is 2. The molecule has 0 aromatic heterocycles. The molecule has 0 unspecified atom stereocenters. The van der Waals surface area contributed by atoms with Gasteiger partial charge in [-0.2, -0.15) is 0 Å². The van der Waals surface area contributed by atoms with Crippen LogP contribution in [0.5, 0.6) is 11.5 Å². The Labute approximate surface area is 197 Å². The van der Waals surface area contributed by atoms with Crippen molar-refractivity contribution in [2.45, 2.75) is 19.8 Å². The number of para-hydroxylation sites is 1. The first-order chi connectivity index (χ1) is 16.5. The van der Waals surface area contributed by atoms with E-state index in [1.54, 1.807) is 43.3 Å². The maximum atomic E-state index is 12.4. The monoisotopic (exact) mass is 462 g/mol. The van der Waals surface area contributed by atoms with Crippen LogP contribution in [0.1, 0.15) is 30.1 Å². The van der Waals surface area contributed by atoms with Gasteiger partial charge in [-0.1, -0.05) is 18.2 Å². The molecule has 8 heteroatoms. The second-order valence-corrected chi connectivity index (χ2v) is 7.15. The van der Waals surface area contributed by atoms with Gasteiger partial charge in [0.15, 0.2) is 0 Å². The van der Waals surface area contributed by atoms with Crippen molar-refractivity contribution >= 4 is 29.3 Å². The molecule has 0 saturated carbocycles. The minimum Gasteiger partial charge on any atom is -0.494 e. The molecule has 0 bridgehead atoms. The van der Waals surface area contributed by atoms with Crippen molar-refractivity contribution in [3.63, 3.8) is 0 Å². The molecule has 3 aromatic carbocycles. The Morgan fingerprint density at radius 1 is 0.765 bits per heavy atom. The molecule has 0 aliphatic carbocycles. The lowest BCUT2D eigenvalue weighted by Crippen LogP contribution is -2.14. The van der Waals surface area contributed by atoms with Crippen molar-refractivity contribution in [2.24, 2.45) is 0 Å². The van der Waals surface area contributed by atoms with Gasteiger partial charge in [0.1, 0.15) is 11.5 Å². The number of ether oxygens (including phenoxy) is 3. The number of carbonyl (C=O) groups excluding carboxylic acids is 3. The number of rotatable bonds is 10. The SMILES string of the molecule is CCOC(=O)Oc1ccc(C(=O)Nc2ccc(NC(=O)CCCOc3ccccc3)cc2)cc1. The Morgan fingerprint density at radius 3 is 2.06 bits per heavy atom. The zero-order valence-electron chi connectivity index (χ0n) is 18.8. The second-order valence-electron chi connectivity index (χ2n) is 7.15. The topological polar surface area (TPSA) is 103 Å². The number of hydrogen-bond acceptors (Lipinski definition) is 6. The van der Waals surface area contributed by atoms with Crippen LogP contribution in [0.3, 0.4) is 0 Å². The van der Waals surface area contributed by atoms with Gasteiger partial charge in [-0.05, 0) is 74.0 Å². The predicted octanol–water partition coefficient (Wildman–Crippen LogP) is 5.27. The van der Waals surface area contributed by atoms with Crippen LogP contribution in [0.15, 0.2) is 78.9 Å². The average Bonchev–Trinajstić information content (AvgIpc) is 2.84. The van der Waals surface area contributed by atoms with Gasteiger partial charge in [0, 0.05) is 23.4 Å². The van der Waals surface area contributed by atoms with Gasteiger partial charge in [0.05, 0.1) is 13.2 Å². The number of nitrogens with one attached hydrogen (secondary N) is 2. The lowest BCUT2D eigenvalue weighted by atomic mass is 10.2. The quantitative estimate of drug-likeness (QED) is 0.242. The van der Waals surface area contributed by atoms with Crippen LogP contribution < -0.4 is 20.1 Å². The summed E-state index contributed by atoms with van der Waals surface area (Å²) in [7, 11) is 0. The van der Waals surface area contributed by atoms with Crippen molar-refractivity contribution in [3.05, 3.63) is 84.4 Å². The molecule has 0 saturated heterocycles. The van der Waals surface area contributed by atoms with Crippen LogP contribution in [0.2, 0.25) is 0 Å². The van der Waals surface area contributed by atoms with Crippen LogP contribution in [-0.4, -0.2) is 31.2 Å². The van der Waals surface area contributed by atoms with Gasteiger partial charge < -0.3 is 24.8 Å². The summed E-state index contributed by atoms with van der Waals surface area (Å²) < 4.78 is 15.3. The summed E-state index contributed by atoms with van der Waals surface area (Å²) in [5.74, 6) is 0.625. The highest BCUT2D eigenvalue weighted by Gasteiger charge is 2.09. The fraction of sp³-hybridized carbons (Fsp3) is 0.192. The highest BCUT2D eigenvalue weighted by atomic mass is 16.7. The molecule has 2 amide bonds. The van der Waals surface area contributed by atoms with E-state index in [0.717, 1.165) is 5.75 Å². The van der Waals surface area contributed by atoms with E-state index >= 15 is 0 Å². The molecule has 0 atom stereocenters. The molecular formula is C26H26N2O6. The van der Waals surface area contributed by atoms with Crippen molar-refractivity contribution in [1.82, 2.24) is 0 Å². The Balaban J connectivity index is 1.41. The van der Waals surface area contributed by atoms with Gasteiger partial charge in [-0.25, -0.2) is 4.79 Å². The van der Waals surface area contributed by atoms with E-state index in [1.807, 2.05) is 30.3 Å². The second kappa shape index (κ2) is 12.6. The van der Waals surface area contributed by atoms with E-state index in [2.05, 4.69) is 10.6 Å². The minimum absolute atomic E-state index is 0.112. The standard InChI is InChI=1S/C26H26N2O6/c1-2-32-26(31)34-23-16-10-19(11-17-23)25(30)28-21-14-12-20(13-15-21)27-24(29)9-6-18-33-22-7-4-3-5-8-22/h3-5,7-8,10-17H,2,6,9,18H2,1H3,(H,27,29)(H,28,30). The maximum Gasteiger partial charge on any atom is 0.513 e. The molecule has 0 heterocycles. The molecule has 0 radical (unpaired) electrons. The normalized spacial score (nSPS) is 10.1. The Bertz CT molecular complexity index is 1080. The van der Waals surface area contributed by atoms with Gasteiger partial charge in [-0.15, -0.1) is 0 Å². The summed E-state index contributed by atoms with van der Waals surface area (Å²) in [6.07, 6.45) is 0.132. The van der Waals surface area contributed by atoms with Crippen molar-refractivity contribution < 1.29 is 28.6 Å². The predicted molar refractivity (Wildman–Crippen MR) is 128 cm³/mol. The zero-order chi connectivity index (χ0) is 24.2. The lowest BCUT2D eigenvalue weighted by Gasteiger charge is -2.09. The van der Waals surface area contributed by atoms with Gasteiger partial charge in [0.2, 0.25) is 5.91 Å². The minimum atomic E-state index is -0.799. The van der Waals surface area contributed by atoms with Crippen LogP contribution in [0.25, 0.3) is 0 Å². The zero-order valence-corrected chi connectivity index (χ0v) is 18.8. The molecule has 0 fully saturated rings. The summed E-state index contributed by atoms with van der Waals surface area (Å²) in [5.41, 5.74) is 1.60. The van der Waals surface area contributed by atoms with E-state index < -0.39 is 6.16 Å². The molecule has 3 aromatic rings. The van der Waals surface area contributed by atoms with Crippen molar-refractivity contribution in [1.29, 1.82) is 0 Å². The number of anilines is 2. The lowest BCUT2D eigenvalue weighted by molar-refractivity contribution is -0.116. The van der Waals surface area contributed by atoms with E-state index in [1.165, 1.54) is 12.1 Å². The van der Waals surface area contributed by atoms with Crippen molar-refractivity contribution in [2.75, 3.05) is 23.8 Å². The summed E-state index contributed by atoms with van der Waals surface area (Å²) in [6, 6.07) is 22.4. The Kier molecular flexibility index (Phi) is 9.04. The average molecular weight is 463 g/mol. The molecule has 176 valence electrons. The Hall–Kier alpha value is -4.33. The van der Waals surface area contributed by atoms with Crippen LogP contribution in [0.4, 0.5) is 16.2 Å². The summed E-state index contributed by atoms with van der Waals surface area (Å²) in [6.45, 7) is 2.35. The highest BCUT2D eigenvalue weighted by Crippen LogP contribution is 2.17. The summed E-state index contributed by atoms with van der Waals surface area (Å²) in [4.78, 5) is 35.9. The van der Waals surface area contributed by atoms with Gasteiger partial charge >= 0.3 is 6.16 Å². The number of hydrogen-bond donors (Lipinski definition) is 2. The smallest absolute Gasteiger partial charge is 0.494 e.